The number of allylic oxidation sites excluding steroid dienone is 9. The highest BCUT2D eigenvalue weighted by Crippen LogP contribution is 2.22. The SMILES string of the molecule is C=C/C=C\C=C1\C=CC(CF)=C(C)C1. The van der Waals surface area contributed by atoms with E-state index in [1.54, 1.807) is 6.08 Å². The topological polar surface area (TPSA) is 0 Å². The van der Waals surface area contributed by atoms with Crippen LogP contribution >= 0.6 is 0 Å². The summed E-state index contributed by atoms with van der Waals surface area (Å²) >= 11 is 0. The molecule has 0 aromatic heterocycles. The minimum Gasteiger partial charge on any atom is -0.246 e. The average Bonchev–Trinajstić information content (AvgIpc) is 2.18. The number of halogens is 1. The van der Waals surface area contributed by atoms with Gasteiger partial charge in [0, 0.05) is 0 Å². The van der Waals surface area contributed by atoms with Crippen LogP contribution in [0.5, 0.6) is 0 Å². The standard InChI is InChI=1S/C13H15F/c1-3-4-5-6-12-7-8-13(10-14)11(2)9-12/h3-8H,1,9-10H2,2H3/b5-4-,12-6-. The van der Waals surface area contributed by atoms with Gasteiger partial charge < -0.3 is 0 Å². The van der Waals surface area contributed by atoms with E-state index in [2.05, 4.69) is 6.58 Å². The van der Waals surface area contributed by atoms with E-state index in [0.29, 0.717) is 0 Å². The molecule has 0 nitrogen and oxygen atoms in total. The monoisotopic (exact) mass is 190 g/mol. The van der Waals surface area contributed by atoms with Gasteiger partial charge in [-0.15, -0.1) is 0 Å². The minimum atomic E-state index is -0.363. The van der Waals surface area contributed by atoms with Crippen molar-refractivity contribution in [1.29, 1.82) is 0 Å². The lowest BCUT2D eigenvalue weighted by molar-refractivity contribution is 0.545. The summed E-state index contributed by atoms with van der Waals surface area (Å²) < 4.78 is 12.4. The average molecular weight is 190 g/mol. The molecule has 0 atom stereocenters. The van der Waals surface area contributed by atoms with Gasteiger partial charge in [0.1, 0.15) is 6.67 Å². The Kier molecular flexibility index (Phi) is 4.11. The van der Waals surface area contributed by atoms with Crippen molar-refractivity contribution in [2.75, 3.05) is 6.67 Å². The number of hydrogen-bond donors (Lipinski definition) is 0. The van der Waals surface area contributed by atoms with Crippen LogP contribution in [0.1, 0.15) is 13.3 Å². The summed E-state index contributed by atoms with van der Waals surface area (Å²) in [6.07, 6.45) is 12.2. The Bertz CT molecular complexity index is 327. The molecule has 1 heteroatoms. The van der Waals surface area contributed by atoms with E-state index >= 15 is 0 Å². The highest BCUT2D eigenvalue weighted by molar-refractivity contribution is 5.41. The van der Waals surface area contributed by atoms with Gasteiger partial charge in [0.25, 0.3) is 0 Å². The zero-order valence-corrected chi connectivity index (χ0v) is 8.46. The maximum absolute atomic E-state index is 12.4. The molecule has 14 heavy (non-hydrogen) atoms. The van der Waals surface area contributed by atoms with Gasteiger partial charge in [-0.2, -0.15) is 0 Å². The highest BCUT2D eigenvalue weighted by atomic mass is 19.1. The second kappa shape index (κ2) is 5.38. The first-order valence-electron chi connectivity index (χ1n) is 4.69. The molecule has 0 amide bonds. The van der Waals surface area contributed by atoms with Gasteiger partial charge in [-0.25, -0.2) is 4.39 Å². The maximum Gasteiger partial charge on any atom is 0.114 e. The van der Waals surface area contributed by atoms with E-state index in [-0.39, 0.29) is 6.67 Å². The third-order valence-corrected chi connectivity index (χ3v) is 2.22. The van der Waals surface area contributed by atoms with E-state index in [9.17, 15) is 4.39 Å². The molecule has 0 radical (unpaired) electrons. The van der Waals surface area contributed by atoms with Gasteiger partial charge >= 0.3 is 0 Å². The Hall–Kier alpha value is -1.37. The zero-order valence-electron chi connectivity index (χ0n) is 8.46. The highest BCUT2D eigenvalue weighted by Gasteiger charge is 2.05. The third kappa shape index (κ3) is 2.84. The smallest absolute Gasteiger partial charge is 0.114 e. The summed E-state index contributed by atoms with van der Waals surface area (Å²) in [5.41, 5.74) is 3.14. The lowest BCUT2D eigenvalue weighted by Gasteiger charge is -2.11. The van der Waals surface area contributed by atoms with Crippen LogP contribution in [0.2, 0.25) is 0 Å². The van der Waals surface area contributed by atoms with Crippen molar-refractivity contribution >= 4 is 0 Å². The van der Waals surface area contributed by atoms with Crippen LogP contribution in [0.25, 0.3) is 0 Å². The molecule has 0 N–H and O–H groups in total. The van der Waals surface area contributed by atoms with E-state index in [1.165, 1.54) is 5.57 Å². The minimum absolute atomic E-state index is 0.363. The third-order valence-electron chi connectivity index (χ3n) is 2.22. The largest absolute Gasteiger partial charge is 0.246 e. The van der Waals surface area contributed by atoms with Crippen molar-refractivity contribution < 1.29 is 4.39 Å². The lowest BCUT2D eigenvalue weighted by Crippen LogP contribution is -1.95. The molecular formula is C13H15F. The fraction of sp³-hybridized carbons (Fsp3) is 0.231. The Labute approximate surface area is 84.8 Å². The molecule has 0 heterocycles. The van der Waals surface area contributed by atoms with E-state index < -0.39 is 0 Å². The van der Waals surface area contributed by atoms with Gasteiger partial charge in [0.05, 0.1) is 0 Å². The van der Waals surface area contributed by atoms with Crippen molar-refractivity contribution in [2.24, 2.45) is 0 Å². The molecule has 0 unspecified atom stereocenters. The predicted molar refractivity (Wildman–Crippen MR) is 59.9 cm³/mol. The van der Waals surface area contributed by atoms with Crippen molar-refractivity contribution in [3.05, 3.63) is 59.8 Å². The molecule has 0 fully saturated rings. The fourth-order valence-electron chi connectivity index (χ4n) is 1.36. The maximum atomic E-state index is 12.4. The summed E-state index contributed by atoms with van der Waals surface area (Å²) in [5.74, 6) is 0. The molecule has 0 aromatic carbocycles. The molecule has 0 saturated heterocycles. The summed E-state index contributed by atoms with van der Waals surface area (Å²) in [5, 5.41) is 0. The molecule has 1 aliphatic rings. The summed E-state index contributed by atoms with van der Waals surface area (Å²) in [7, 11) is 0. The molecule has 1 rings (SSSR count). The number of rotatable bonds is 3. The van der Waals surface area contributed by atoms with Crippen LogP contribution in [0, 0.1) is 0 Å². The molecule has 0 spiro atoms. The molecule has 74 valence electrons. The normalized spacial score (nSPS) is 19.7. The summed E-state index contributed by atoms with van der Waals surface area (Å²) in [6, 6.07) is 0. The Morgan fingerprint density at radius 3 is 2.79 bits per heavy atom. The lowest BCUT2D eigenvalue weighted by atomic mass is 9.95. The molecular weight excluding hydrogens is 175 g/mol. The Balaban J connectivity index is 2.71. The van der Waals surface area contributed by atoms with Crippen LogP contribution < -0.4 is 0 Å². The van der Waals surface area contributed by atoms with Crippen molar-refractivity contribution in [3.63, 3.8) is 0 Å². The van der Waals surface area contributed by atoms with Crippen LogP contribution in [0.15, 0.2) is 59.8 Å². The van der Waals surface area contributed by atoms with Crippen LogP contribution in [0.4, 0.5) is 4.39 Å². The van der Waals surface area contributed by atoms with E-state index in [4.69, 9.17) is 0 Å². The molecule has 0 saturated carbocycles. The number of hydrogen-bond acceptors (Lipinski definition) is 0. The van der Waals surface area contributed by atoms with Gasteiger partial charge in [-0.3, -0.25) is 0 Å². The van der Waals surface area contributed by atoms with Crippen LogP contribution in [-0.4, -0.2) is 6.67 Å². The van der Waals surface area contributed by atoms with Gasteiger partial charge in [0.2, 0.25) is 0 Å². The molecule has 0 bridgehead atoms. The quantitative estimate of drug-likeness (QED) is 0.592. The Morgan fingerprint density at radius 2 is 2.21 bits per heavy atom. The van der Waals surface area contributed by atoms with Crippen LogP contribution in [0.3, 0.4) is 0 Å². The summed E-state index contributed by atoms with van der Waals surface area (Å²) in [6.45, 7) is 5.20. The van der Waals surface area contributed by atoms with Gasteiger partial charge in [-0.05, 0) is 24.5 Å². The number of alkyl halides is 1. The molecule has 1 aliphatic carbocycles. The van der Waals surface area contributed by atoms with E-state index in [0.717, 1.165) is 17.6 Å². The fourth-order valence-corrected chi connectivity index (χ4v) is 1.36. The molecule has 0 aliphatic heterocycles. The second-order valence-electron chi connectivity index (χ2n) is 3.31. The predicted octanol–water partition coefficient (Wildman–Crippen LogP) is 3.90. The zero-order chi connectivity index (χ0) is 10.4. The van der Waals surface area contributed by atoms with Crippen molar-refractivity contribution in [2.45, 2.75) is 13.3 Å². The first-order valence-corrected chi connectivity index (χ1v) is 4.69. The summed E-state index contributed by atoms with van der Waals surface area (Å²) in [4.78, 5) is 0. The van der Waals surface area contributed by atoms with Crippen LogP contribution in [-0.2, 0) is 0 Å². The van der Waals surface area contributed by atoms with Gasteiger partial charge in [0.15, 0.2) is 0 Å². The first kappa shape index (κ1) is 10.7. The molecule has 0 aromatic rings. The Morgan fingerprint density at radius 1 is 1.43 bits per heavy atom. The van der Waals surface area contributed by atoms with E-state index in [1.807, 2.05) is 37.3 Å². The van der Waals surface area contributed by atoms with Crippen molar-refractivity contribution in [1.82, 2.24) is 0 Å². The van der Waals surface area contributed by atoms with Gasteiger partial charge in [-0.1, -0.05) is 48.6 Å². The second-order valence-corrected chi connectivity index (χ2v) is 3.31. The van der Waals surface area contributed by atoms with Crippen molar-refractivity contribution in [3.8, 4) is 0 Å². The first-order chi connectivity index (χ1) is 6.77.